The number of hydrogen-bond donors (Lipinski definition) is 2. The Bertz CT molecular complexity index is 166. The second-order valence-corrected chi connectivity index (χ2v) is 4.53. The molecule has 0 bridgehead atoms. The Morgan fingerprint density at radius 1 is 1.33 bits per heavy atom. The van der Waals surface area contributed by atoms with Crippen LogP contribution in [0.5, 0.6) is 0 Å². The molecule has 5 heteroatoms. The van der Waals surface area contributed by atoms with E-state index in [-0.39, 0.29) is 18.6 Å². The molecule has 0 aromatic heterocycles. The lowest BCUT2D eigenvalue weighted by molar-refractivity contribution is 0.0719. The summed E-state index contributed by atoms with van der Waals surface area (Å²) in [4.78, 5) is 1.57. The van der Waals surface area contributed by atoms with Gasteiger partial charge in [-0.2, -0.15) is 0 Å². The van der Waals surface area contributed by atoms with Crippen molar-refractivity contribution in [3.8, 4) is 0 Å². The van der Waals surface area contributed by atoms with Crippen molar-refractivity contribution in [3.05, 3.63) is 0 Å². The fourth-order valence-electron chi connectivity index (χ4n) is 1.19. The molecule has 92 valence electrons. The van der Waals surface area contributed by atoms with Crippen molar-refractivity contribution < 1.29 is 13.9 Å². The van der Waals surface area contributed by atoms with Crippen LogP contribution in [0.15, 0.2) is 0 Å². The quantitative estimate of drug-likeness (QED) is 0.644. The molecule has 0 aliphatic heterocycles. The Labute approximate surface area is 90.2 Å². The highest BCUT2D eigenvalue weighted by Crippen LogP contribution is 2.18. The molecule has 0 aliphatic rings. The lowest BCUT2D eigenvalue weighted by Gasteiger charge is -2.27. The number of halogens is 2. The molecule has 0 amide bonds. The Morgan fingerprint density at radius 2 is 1.93 bits per heavy atom. The third kappa shape index (κ3) is 7.64. The highest BCUT2D eigenvalue weighted by Gasteiger charge is 2.18. The lowest BCUT2D eigenvalue weighted by atomic mass is 9.89. The molecular formula is C10H22F2N2O. The van der Waals surface area contributed by atoms with E-state index in [1.54, 1.807) is 4.90 Å². The van der Waals surface area contributed by atoms with E-state index in [0.717, 1.165) is 6.42 Å². The first-order valence-electron chi connectivity index (χ1n) is 5.22. The van der Waals surface area contributed by atoms with Crippen LogP contribution in [0.2, 0.25) is 0 Å². The van der Waals surface area contributed by atoms with E-state index in [1.807, 2.05) is 13.8 Å². The van der Waals surface area contributed by atoms with Gasteiger partial charge in [0.05, 0.1) is 13.2 Å². The van der Waals surface area contributed by atoms with E-state index in [0.29, 0.717) is 19.6 Å². The van der Waals surface area contributed by atoms with Crippen LogP contribution < -0.4 is 5.73 Å². The maximum absolute atomic E-state index is 12.2. The largest absolute Gasteiger partial charge is 0.395 e. The van der Waals surface area contributed by atoms with Crippen LogP contribution in [0.3, 0.4) is 0 Å². The normalized spacial score (nSPS) is 12.8. The van der Waals surface area contributed by atoms with Crippen LogP contribution in [-0.2, 0) is 0 Å². The average Bonchev–Trinajstić information content (AvgIpc) is 2.14. The molecule has 3 nitrogen and oxygen atoms in total. The molecule has 0 rings (SSSR count). The van der Waals surface area contributed by atoms with Crippen molar-refractivity contribution in [2.45, 2.75) is 26.7 Å². The molecule has 0 fully saturated rings. The molecule has 0 unspecified atom stereocenters. The van der Waals surface area contributed by atoms with Crippen LogP contribution in [0, 0.1) is 5.41 Å². The van der Waals surface area contributed by atoms with Crippen LogP contribution in [-0.4, -0.2) is 49.2 Å². The predicted octanol–water partition coefficient (Wildman–Crippen LogP) is 0.921. The van der Waals surface area contributed by atoms with Crippen LogP contribution in [0.1, 0.15) is 20.3 Å². The Kier molecular flexibility index (Phi) is 6.96. The first-order valence-corrected chi connectivity index (χ1v) is 5.22. The van der Waals surface area contributed by atoms with Crippen molar-refractivity contribution >= 4 is 0 Å². The molecule has 0 spiro atoms. The van der Waals surface area contributed by atoms with Gasteiger partial charge in [-0.25, -0.2) is 8.78 Å². The minimum Gasteiger partial charge on any atom is -0.395 e. The van der Waals surface area contributed by atoms with Crippen molar-refractivity contribution in [3.63, 3.8) is 0 Å². The zero-order valence-corrected chi connectivity index (χ0v) is 9.55. The maximum atomic E-state index is 12.2. The zero-order valence-electron chi connectivity index (χ0n) is 9.55. The Hall–Kier alpha value is -0.260. The third-order valence-corrected chi connectivity index (χ3v) is 2.47. The van der Waals surface area contributed by atoms with E-state index in [4.69, 9.17) is 10.8 Å². The second kappa shape index (κ2) is 7.09. The number of aliphatic hydroxyl groups is 1. The zero-order chi connectivity index (χ0) is 11.9. The van der Waals surface area contributed by atoms with Crippen molar-refractivity contribution in [1.82, 2.24) is 4.90 Å². The number of aliphatic hydroxyl groups excluding tert-OH is 1. The summed E-state index contributed by atoms with van der Waals surface area (Å²) < 4.78 is 24.3. The van der Waals surface area contributed by atoms with Crippen LogP contribution >= 0.6 is 0 Å². The molecule has 0 saturated heterocycles. The molecule has 0 saturated carbocycles. The molecule has 0 aromatic carbocycles. The van der Waals surface area contributed by atoms with Crippen LogP contribution in [0.25, 0.3) is 0 Å². The number of nitrogens with zero attached hydrogens (tertiary/aromatic N) is 1. The second-order valence-electron chi connectivity index (χ2n) is 4.53. The van der Waals surface area contributed by atoms with Gasteiger partial charge < -0.3 is 10.8 Å². The molecule has 3 N–H and O–H groups in total. The summed E-state index contributed by atoms with van der Waals surface area (Å²) in [6.07, 6.45) is -1.59. The summed E-state index contributed by atoms with van der Waals surface area (Å²) in [5.74, 6) is 0. The van der Waals surface area contributed by atoms with E-state index in [1.165, 1.54) is 0 Å². The SMILES string of the molecule is CC(C)(CN)CCN(CCO)CC(F)F. The molecular weight excluding hydrogens is 202 g/mol. The highest BCUT2D eigenvalue weighted by atomic mass is 19.3. The molecule has 0 aliphatic carbocycles. The Balaban J connectivity index is 3.94. The van der Waals surface area contributed by atoms with Gasteiger partial charge in [-0.15, -0.1) is 0 Å². The van der Waals surface area contributed by atoms with Gasteiger partial charge in [0.1, 0.15) is 0 Å². The average molecular weight is 224 g/mol. The molecule has 0 aromatic rings. The van der Waals surface area contributed by atoms with E-state index in [9.17, 15) is 8.78 Å². The highest BCUT2D eigenvalue weighted by molar-refractivity contribution is 4.72. The van der Waals surface area contributed by atoms with Gasteiger partial charge in [0.25, 0.3) is 6.43 Å². The molecule has 15 heavy (non-hydrogen) atoms. The summed E-state index contributed by atoms with van der Waals surface area (Å²) >= 11 is 0. The summed E-state index contributed by atoms with van der Waals surface area (Å²) in [6.45, 7) is 5.03. The van der Waals surface area contributed by atoms with Gasteiger partial charge in [-0.05, 0) is 24.9 Å². The number of hydrogen-bond acceptors (Lipinski definition) is 3. The van der Waals surface area contributed by atoms with Gasteiger partial charge >= 0.3 is 0 Å². The van der Waals surface area contributed by atoms with Gasteiger partial charge in [0, 0.05) is 6.54 Å². The Morgan fingerprint density at radius 3 is 2.33 bits per heavy atom. The van der Waals surface area contributed by atoms with E-state index >= 15 is 0 Å². The van der Waals surface area contributed by atoms with Gasteiger partial charge in [-0.3, -0.25) is 4.90 Å². The molecule has 0 heterocycles. The fourth-order valence-corrected chi connectivity index (χ4v) is 1.19. The first-order chi connectivity index (χ1) is 6.91. The van der Waals surface area contributed by atoms with Crippen molar-refractivity contribution in [1.29, 1.82) is 0 Å². The number of nitrogens with two attached hydrogens (primary N) is 1. The maximum Gasteiger partial charge on any atom is 0.251 e. The summed E-state index contributed by atoms with van der Waals surface area (Å²) in [5, 5.41) is 8.72. The summed E-state index contributed by atoms with van der Waals surface area (Å²) in [5.41, 5.74) is 5.52. The summed E-state index contributed by atoms with van der Waals surface area (Å²) in [7, 11) is 0. The standard InChI is InChI=1S/C10H22F2N2O/c1-10(2,8-13)3-4-14(5-6-15)7-9(11)12/h9,15H,3-8,13H2,1-2H3. The minimum absolute atomic E-state index is 0.0319. The van der Waals surface area contributed by atoms with Crippen molar-refractivity contribution in [2.75, 3.05) is 32.8 Å². The number of alkyl halides is 2. The van der Waals surface area contributed by atoms with E-state index < -0.39 is 6.43 Å². The molecule has 0 radical (unpaired) electrons. The summed E-state index contributed by atoms with van der Waals surface area (Å²) in [6, 6.07) is 0. The fraction of sp³-hybridized carbons (Fsp3) is 1.00. The lowest BCUT2D eigenvalue weighted by Crippen LogP contribution is -2.36. The third-order valence-electron chi connectivity index (χ3n) is 2.47. The first kappa shape index (κ1) is 14.7. The topological polar surface area (TPSA) is 49.5 Å². The van der Waals surface area contributed by atoms with Gasteiger partial charge in [0.15, 0.2) is 0 Å². The van der Waals surface area contributed by atoms with Gasteiger partial charge in [0.2, 0.25) is 0 Å². The number of rotatable bonds is 8. The monoisotopic (exact) mass is 224 g/mol. The van der Waals surface area contributed by atoms with Crippen molar-refractivity contribution in [2.24, 2.45) is 11.1 Å². The smallest absolute Gasteiger partial charge is 0.251 e. The van der Waals surface area contributed by atoms with Crippen LogP contribution in [0.4, 0.5) is 8.78 Å². The molecule has 0 atom stereocenters. The minimum atomic E-state index is -2.35. The predicted molar refractivity (Wildman–Crippen MR) is 57.0 cm³/mol. The van der Waals surface area contributed by atoms with Gasteiger partial charge in [-0.1, -0.05) is 13.8 Å². The van der Waals surface area contributed by atoms with E-state index in [2.05, 4.69) is 0 Å².